The number of amides is 2. The summed E-state index contributed by atoms with van der Waals surface area (Å²) in [6.45, 7) is 7.60. The average molecular weight is 519 g/mol. The summed E-state index contributed by atoms with van der Waals surface area (Å²) >= 11 is 0. The summed E-state index contributed by atoms with van der Waals surface area (Å²) in [5.41, 5.74) is 2.29. The molecule has 2 aromatic carbocycles. The summed E-state index contributed by atoms with van der Waals surface area (Å²) in [5, 5.41) is 11.6. The first-order chi connectivity index (χ1) is 16.8. The molecule has 1 heterocycles. The van der Waals surface area contributed by atoms with Gasteiger partial charge in [0.25, 0.3) is 5.91 Å². The van der Waals surface area contributed by atoms with Crippen LogP contribution >= 0.6 is 0 Å². The second-order valence-corrected chi connectivity index (χ2v) is 15.0. The van der Waals surface area contributed by atoms with Gasteiger partial charge in [0.05, 0.1) is 15.2 Å². The molecule has 194 valence electrons. The van der Waals surface area contributed by atoms with E-state index in [2.05, 4.69) is 5.32 Å². The zero-order chi connectivity index (χ0) is 26.8. The van der Waals surface area contributed by atoms with Crippen molar-refractivity contribution in [3.8, 4) is 5.75 Å². The number of methoxy groups -OCH3 is 1. The van der Waals surface area contributed by atoms with Gasteiger partial charge < -0.3 is 20.1 Å². The zero-order valence-electron chi connectivity index (χ0n) is 21.2. The number of halogens is 2. The Hall–Kier alpha value is -3.27. The number of ether oxygens (including phenoxy) is 1. The maximum absolute atomic E-state index is 14.8. The van der Waals surface area contributed by atoms with Crippen molar-refractivity contribution < 1.29 is 33.0 Å². The minimum absolute atomic E-state index is 0.0330. The van der Waals surface area contributed by atoms with Crippen LogP contribution in [0.5, 0.6) is 5.75 Å². The molecule has 0 spiro atoms. The van der Waals surface area contributed by atoms with E-state index in [1.165, 1.54) is 4.90 Å². The van der Waals surface area contributed by atoms with Gasteiger partial charge in [-0.1, -0.05) is 25.7 Å². The third kappa shape index (κ3) is 5.75. The van der Waals surface area contributed by atoms with Gasteiger partial charge in [-0.3, -0.25) is 14.4 Å². The minimum atomic E-state index is -2.30. The Labute approximate surface area is 210 Å². The van der Waals surface area contributed by atoms with Crippen LogP contribution in [-0.2, 0) is 20.8 Å². The number of hydrogen-bond acceptors (Lipinski definition) is 4. The largest absolute Gasteiger partial charge is 0.496 e. The summed E-state index contributed by atoms with van der Waals surface area (Å²) in [4.78, 5) is 38.9. The smallest absolute Gasteiger partial charge is 0.303 e. The molecule has 2 aromatic rings. The molecule has 0 aliphatic carbocycles. The summed E-state index contributed by atoms with van der Waals surface area (Å²) in [6.07, 6.45) is 0.434. The number of hydrogen-bond donors (Lipinski definition) is 2. The first-order valence-electron chi connectivity index (χ1n) is 11.8. The SMILES string of the molecule is COc1ccc2c(c1C)CCN(C(=O)CCCC(=O)O)[C@H]2C(=O)Nc1cc(F)c([Si](C)(C)C)c(F)c1. The number of carboxylic acid groups (broad SMARTS) is 1. The Kier molecular flexibility index (Phi) is 8.18. The molecule has 2 N–H and O–H groups in total. The highest BCUT2D eigenvalue weighted by atomic mass is 28.3. The van der Waals surface area contributed by atoms with Crippen LogP contribution in [0.15, 0.2) is 24.3 Å². The van der Waals surface area contributed by atoms with E-state index in [-0.39, 0.29) is 42.6 Å². The van der Waals surface area contributed by atoms with Crippen LogP contribution in [0.25, 0.3) is 0 Å². The van der Waals surface area contributed by atoms with E-state index in [0.29, 0.717) is 17.7 Å². The monoisotopic (exact) mass is 518 g/mol. The Balaban J connectivity index is 1.97. The summed E-state index contributed by atoms with van der Waals surface area (Å²) < 4.78 is 35.0. The van der Waals surface area contributed by atoms with Crippen LogP contribution < -0.4 is 15.2 Å². The number of nitrogens with one attached hydrogen (secondary N) is 1. The van der Waals surface area contributed by atoms with Crippen LogP contribution in [0, 0.1) is 18.6 Å². The lowest BCUT2D eigenvalue weighted by atomic mass is 9.88. The number of fused-ring (bicyclic) bond motifs is 1. The fourth-order valence-corrected chi connectivity index (χ4v) is 6.33. The van der Waals surface area contributed by atoms with Crippen molar-refractivity contribution in [3.05, 3.63) is 52.6 Å². The maximum atomic E-state index is 14.8. The van der Waals surface area contributed by atoms with Crippen molar-refractivity contribution >= 4 is 36.7 Å². The Morgan fingerprint density at radius 1 is 1.14 bits per heavy atom. The minimum Gasteiger partial charge on any atom is -0.496 e. The molecule has 0 saturated heterocycles. The van der Waals surface area contributed by atoms with Gasteiger partial charge in [-0.05, 0) is 54.7 Å². The molecule has 0 bridgehead atoms. The molecule has 36 heavy (non-hydrogen) atoms. The Morgan fingerprint density at radius 2 is 1.78 bits per heavy atom. The second-order valence-electron chi connectivity index (χ2n) is 10.0. The molecule has 0 radical (unpaired) electrons. The normalized spacial score (nSPS) is 15.3. The van der Waals surface area contributed by atoms with Gasteiger partial charge in [-0.25, -0.2) is 8.78 Å². The standard InChI is InChI=1S/C26H32F2N2O5Si/c1-15-17-11-12-30(22(31)7-6-8-23(32)33)24(18(17)9-10-21(15)35-2)26(34)29-16-13-19(27)25(20(28)14-16)36(3,4)5/h9-10,13-14,24H,6-8,11-12H2,1-5H3,(H,29,34)(H,32,33)/t24-/m1/s1. The lowest BCUT2D eigenvalue weighted by Crippen LogP contribution is -2.46. The number of benzene rings is 2. The van der Waals surface area contributed by atoms with E-state index >= 15 is 0 Å². The predicted molar refractivity (Wildman–Crippen MR) is 135 cm³/mol. The van der Waals surface area contributed by atoms with Crippen LogP contribution in [0.4, 0.5) is 14.5 Å². The number of rotatable bonds is 8. The Morgan fingerprint density at radius 3 is 2.33 bits per heavy atom. The van der Waals surface area contributed by atoms with Crippen molar-refractivity contribution in [2.75, 3.05) is 19.0 Å². The first-order valence-corrected chi connectivity index (χ1v) is 15.3. The van der Waals surface area contributed by atoms with Gasteiger partial charge in [0.2, 0.25) is 5.91 Å². The quantitative estimate of drug-likeness (QED) is 0.512. The zero-order valence-corrected chi connectivity index (χ0v) is 22.2. The lowest BCUT2D eigenvalue weighted by Gasteiger charge is -2.37. The fourth-order valence-electron chi connectivity index (χ4n) is 4.75. The molecule has 0 saturated carbocycles. The van der Waals surface area contributed by atoms with E-state index in [1.807, 2.05) is 26.6 Å². The topological polar surface area (TPSA) is 95.9 Å². The van der Waals surface area contributed by atoms with Crippen molar-refractivity contribution in [2.45, 2.75) is 58.3 Å². The molecule has 0 unspecified atom stereocenters. The van der Waals surface area contributed by atoms with E-state index in [0.717, 1.165) is 23.3 Å². The molecule has 0 aromatic heterocycles. The fraction of sp³-hybridized carbons (Fsp3) is 0.423. The number of carboxylic acids is 1. The number of nitrogens with zero attached hydrogens (tertiary/aromatic N) is 1. The number of aliphatic carboxylic acids is 1. The van der Waals surface area contributed by atoms with Crippen LogP contribution in [-0.4, -0.2) is 49.5 Å². The molecule has 1 atom stereocenters. The van der Waals surface area contributed by atoms with E-state index in [9.17, 15) is 23.2 Å². The predicted octanol–water partition coefficient (Wildman–Crippen LogP) is 4.15. The van der Waals surface area contributed by atoms with Gasteiger partial charge in [-0.2, -0.15) is 0 Å². The molecular weight excluding hydrogens is 486 g/mol. The molecule has 10 heteroatoms. The van der Waals surface area contributed by atoms with E-state index < -0.39 is 37.6 Å². The average Bonchev–Trinajstić information content (AvgIpc) is 2.76. The van der Waals surface area contributed by atoms with Crippen molar-refractivity contribution in [1.82, 2.24) is 4.90 Å². The first kappa shape index (κ1) is 27.3. The van der Waals surface area contributed by atoms with Gasteiger partial charge >= 0.3 is 5.97 Å². The highest BCUT2D eigenvalue weighted by molar-refractivity contribution is 6.88. The maximum Gasteiger partial charge on any atom is 0.303 e. The van der Waals surface area contributed by atoms with E-state index in [4.69, 9.17) is 9.84 Å². The van der Waals surface area contributed by atoms with Gasteiger partial charge in [-0.15, -0.1) is 0 Å². The van der Waals surface area contributed by atoms with Gasteiger partial charge in [0.15, 0.2) is 0 Å². The molecule has 3 rings (SSSR count). The van der Waals surface area contributed by atoms with E-state index in [1.54, 1.807) is 19.2 Å². The summed E-state index contributed by atoms with van der Waals surface area (Å²) in [5.74, 6) is -2.74. The highest BCUT2D eigenvalue weighted by Gasteiger charge is 2.37. The summed E-state index contributed by atoms with van der Waals surface area (Å²) in [6, 6.07) is 4.61. The number of anilines is 1. The molecule has 2 amide bonds. The molecule has 1 aliphatic heterocycles. The molecule has 7 nitrogen and oxygen atoms in total. The van der Waals surface area contributed by atoms with Crippen LogP contribution in [0.2, 0.25) is 19.6 Å². The third-order valence-electron chi connectivity index (χ3n) is 6.42. The lowest BCUT2D eigenvalue weighted by molar-refractivity contribution is -0.140. The van der Waals surface area contributed by atoms with Crippen molar-refractivity contribution in [2.24, 2.45) is 0 Å². The van der Waals surface area contributed by atoms with Gasteiger partial charge in [0, 0.05) is 30.3 Å². The molecular formula is C26H32F2N2O5Si. The number of carbonyl (C=O) groups is 3. The van der Waals surface area contributed by atoms with Crippen LogP contribution in [0.1, 0.15) is 42.0 Å². The van der Waals surface area contributed by atoms with Crippen molar-refractivity contribution in [3.63, 3.8) is 0 Å². The highest BCUT2D eigenvalue weighted by Crippen LogP contribution is 2.36. The second kappa shape index (κ2) is 10.8. The molecule has 1 aliphatic rings. The van der Waals surface area contributed by atoms with Gasteiger partial charge in [0.1, 0.15) is 23.4 Å². The Bertz CT molecular complexity index is 1170. The molecule has 0 fully saturated rings. The van der Waals surface area contributed by atoms with Crippen molar-refractivity contribution in [1.29, 1.82) is 0 Å². The third-order valence-corrected chi connectivity index (χ3v) is 8.40. The summed E-state index contributed by atoms with van der Waals surface area (Å²) in [7, 11) is -0.748. The van der Waals surface area contributed by atoms with Crippen LogP contribution in [0.3, 0.4) is 0 Å². The number of carbonyl (C=O) groups excluding carboxylic acids is 2.